The normalized spacial score (nSPS) is 17.9. The van der Waals surface area contributed by atoms with E-state index in [1.54, 1.807) is 6.20 Å². The van der Waals surface area contributed by atoms with Gasteiger partial charge in [-0.25, -0.2) is 9.78 Å². The minimum Gasteiger partial charge on any atom is -0.444 e. The van der Waals surface area contributed by atoms with Crippen LogP contribution in [-0.4, -0.2) is 64.5 Å². The monoisotopic (exact) mass is 478 g/mol. The Labute approximate surface area is 206 Å². The number of piperazine rings is 1. The third-order valence-electron chi connectivity index (χ3n) is 6.78. The quantitative estimate of drug-likeness (QED) is 0.575. The number of anilines is 2. The second-order valence-electron chi connectivity index (χ2n) is 8.86. The number of hydrogen-bond donors (Lipinski definition) is 1. The van der Waals surface area contributed by atoms with Crippen LogP contribution >= 0.6 is 0 Å². The predicted molar refractivity (Wildman–Crippen MR) is 135 cm³/mol. The van der Waals surface area contributed by atoms with Crippen LogP contribution < -0.4 is 10.2 Å². The van der Waals surface area contributed by atoms with Crippen molar-refractivity contribution >= 4 is 23.8 Å². The molecule has 2 aromatic rings. The molecule has 35 heavy (non-hydrogen) atoms. The van der Waals surface area contributed by atoms with Crippen molar-refractivity contribution in [2.45, 2.75) is 45.9 Å². The molecule has 1 aromatic heterocycles. The number of rotatable bonds is 8. The largest absolute Gasteiger partial charge is 0.444 e. The topological polar surface area (TPSA) is 90.9 Å². The Morgan fingerprint density at radius 1 is 1.17 bits per heavy atom. The molecule has 2 aliphatic rings. The minimum atomic E-state index is -0.382. The van der Waals surface area contributed by atoms with Gasteiger partial charge in [0.15, 0.2) is 0 Å². The lowest BCUT2D eigenvalue weighted by molar-refractivity contribution is -0.128. The molecule has 2 aliphatic heterocycles. The van der Waals surface area contributed by atoms with E-state index in [-0.39, 0.29) is 24.6 Å². The predicted octanol–water partition coefficient (Wildman–Crippen LogP) is 3.91. The molecular weight excluding hydrogens is 444 g/mol. The maximum Gasteiger partial charge on any atom is 0.415 e. The summed E-state index contributed by atoms with van der Waals surface area (Å²) >= 11 is 0. The molecule has 0 saturated carbocycles. The summed E-state index contributed by atoms with van der Waals surface area (Å²) in [5, 5.41) is 3.36. The second-order valence-corrected chi connectivity index (χ2v) is 8.86. The lowest BCUT2D eigenvalue weighted by Gasteiger charge is -2.39. The molecular formula is C26H34N6O3. The zero-order valence-corrected chi connectivity index (χ0v) is 20.7. The van der Waals surface area contributed by atoms with E-state index in [4.69, 9.17) is 4.74 Å². The lowest BCUT2D eigenvalue weighted by Crippen LogP contribution is -2.49. The molecule has 9 nitrogen and oxygen atoms in total. The van der Waals surface area contributed by atoms with Crippen LogP contribution in [0.2, 0.25) is 0 Å². The van der Waals surface area contributed by atoms with Crippen LogP contribution in [0.5, 0.6) is 0 Å². The Morgan fingerprint density at radius 2 is 1.86 bits per heavy atom. The molecule has 0 radical (unpaired) electrons. The number of ether oxygens (including phenoxy) is 1. The Morgan fingerprint density at radius 3 is 2.49 bits per heavy atom. The first kappa shape index (κ1) is 24.7. The van der Waals surface area contributed by atoms with Gasteiger partial charge in [0.05, 0.1) is 11.6 Å². The van der Waals surface area contributed by atoms with E-state index in [0.717, 1.165) is 43.7 Å². The zero-order chi connectivity index (χ0) is 24.9. The van der Waals surface area contributed by atoms with Crippen LogP contribution in [0, 0.1) is 0 Å². The van der Waals surface area contributed by atoms with Gasteiger partial charge in [-0.15, -0.1) is 0 Å². The number of aromatic nitrogens is 2. The van der Waals surface area contributed by atoms with Gasteiger partial charge in [-0.3, -0.25) is 14.6 Å². The first-order chi connectivity index (χ1) is 16.9. The van der Waals surface area contributed by atoms with Crippen LogP contribution in [0.15, 0.2) is 43.1 Å². The van der Waals surface area contributed by atoms with Crippen LogP contribution in [-0.2, 0) is 16.1 Å². The van der Waals surface area contributed by atoms with Crippen LogP contribution in [0.25, 0.3) is 0 Å². The van der Waals surface area contributed by atoms with Crippen molar-refractivity contribution in [2.75, 3.05) is 42.9 Å². The van der Waals surface area contributed by atoms with Gasteiger partial charge in [-0.1, -0.05) is 37.8 Å². The Hall–Kier alpha value is -3.46. The van der Waals surface area contributed by atoms with Gasteiger partial charge in [0.1, 0.15) is 12.4 Å². The molecule has 186 valence electrons. The van der Waals surface area contributed by atoms with Crippen molar-refractivity contribution in [3.8, 4) is 0 Å². The first-order valence-corrected chi connectivity index (χ1v) is 12.3. The standard InChI is InChI=1S/C26H34N6O3/c1-5-22(30-12-14-31(15-13-30)23(33)6-2)20-10-8-19(9-11-20)18(4)28-25-27-16-21-17-35-26(34)32(7-3)24(21)29-25/h6,8-11,16,18,22H,2,5,7,12-15,17H2,1,3-4H3,(H,27,28,29)/t18-,22+/m0/s1. The van der Waals surface area contributed by atoms with Crippen LogP contribution in [0.4, 0.5) is 16.6 Å². The minimum absolute atomic E-state index is 0.00813. The number of benzene rings is 1. The number of carbonyl (C=O) groups excluding carboxylic acids is 2. The molecule has 3 heterocycles. The highest BCUT2D eigenvalue weighted by Gasteiger charge is 2.27. The molecule has 1 fully saturated rings. The summed E-state index contributed by atoms with van der Waals surface area (Å²) in [6.07, 6.45) is 3.72. The highest BCUT2D eigenvalue weighted by Crippen LogP contribution is 2.29. The third kappa shape index (κ3) is 5.30. The van der Waals surface area contributed by atoms with Gasteiger partial charge >= 0.3 is 6.09 Å². The summed E-state index contributed by atoms with van der Waals surface area (Å²) in [6.45, 7) is 13.6. The maximum atomic E-state index is 12.0. The zero-order valence-electron chi connectivity index (χ0n) is 20.7. The summed E-state index contributed by atoms with van der Waals surface area (Å²) in [5.41, 5.74) is 3.20. The molecule has 4 rings (SSSR count). The first-order valence-electron chi connectivity index (χ1n) is 12.3. The lowest BCUT2D eigenvalue weighted by atomic mass is 9.98. The fourth-order valence-electron chi connectivity index (χ4n) is 4.76. The van der Waals surface area contributed by atoms with Crippen molar-refractivity contribution < 1.29 is 14.3 Å². The van der Waals surface area contributed by atoms with E-state index in [9.17, 15) is 9.59 Å². The molecule has 1 aromatic carbocycles. The number of fused-ring (bicyclic) bond motifs is 1. The average Bonchev–Trinajstić information content (AvgIpc) is 2.89. The number of nitrogens with one attached hydrogen (secondary N) is 1. The van der Waals surface area contributed by atoms with E-state index in [1.165, 1.54) is 16.5 Å². The van der Waals surface area contributed by atoms with Crippen molar-refractivity contribution in [1.29, 1.82) is 0 Å². The van der Waals surface area contributed by atoms with Gasteiger partial charge in [0, 0.05) is 45.0 Å². The van der Waals surface area contributed by atoms with Crippen LogP contribution in [0.3, 0.4) is 0 Å². The summed E-state index contributed by atoms with van der Waals surface area (Å²) in [5.74, 6) is 1.09. The average molecular weight is 479 g/mol. The Kier molecular flexibility index (Phi) is 7.65. The molecule has 0 unspecified atom stereocenters. The number of cyclic esters (lactones) is 1. The SMILES string of the molecule is C=CC(=O)N1CCN([C@H](CC)c2ccc([C@H](C)Nc3ncc4c(n3)N(CC)C(=O)OC4)cc2)CC1. The van der Waals surface area contributed by atoms with Crippen molar-refractivity contribution in [3.05, 3.63) is 59.8 Å². The fraction of sp³-hybridized carbons (Fsp3) is 0.462. The van der Waals surface area contributed by atoms with Gasteiger partial charge in [-0.2, -0.15) is 4.98 Å². The van der Waals surface area contributed by atoms with E-state index >= 15 is 0 Å². The molecule has 2 atom stereocenters. The maximum absolute atomic E-state index is 12.0. The van der Waals surface area contributed by atoms with Crippen molar-refractivity contribution in [1.82, 2.24) is 19.8 Å². The van der Waals surface area contributed by atoms with Crippen molar-refractivity contribution in [3.63, 3.8) is 0 Å². The highest BCUT2D eigenvalue weighted by atomic mass is 16.6. The molecule has 0 bridgehead atoms. The molecule has 0 aliphatic carbocycles. The number of nitrogens with zero attached hydrogens (tertiary/aromatic N) is 5. The van der Waals surface area contributed by atoms with Crippen molar-refractivity contribution in [2.24, 2.45) is 0 Å². The van der Waals surface area contributed by atoms with E-state index < -0.39 is 0 Å². The summed E-state index contributed by atoms with van der Waals surface area (Å²) in [4.78, 5) is 38.7. The van der Waals surface area contributed by atoms with Gasteiger partial charge < -0.3 is 15.0 Å². The Bertz CT molecular complexity index is 1070. The molecule has 2 amide bonds. The summed E-state index contributed by atoms with van der Waals surface area (Å²) < 4.78 is 5.16. The van der Waals surface area contributed by atoms with Crippen LogP contribution in [0.1, 0.15) is 56.0 Å². The molecule has 9 heteroatoms. The Balaban J connectivity index is 1.41. The number of hydrogen-bond acceptors (Lipinski definition) is 7. The second kappa shape index (κ2) is 10.9. The van der Waals surface area contributed by atoms with Gasteiger partial charge in [0.25, 0.3) is 0 Å². The smallest absolute Gasteiger partial charge is 0.415 e. The summed E-state index contributed by atoms with van der Waals surface area (Å²) in [7, 11) is 0. The highest BCUT2D eigenvalue weighted by molar-refractivity contribution is 5.89. The summed E-state index contributed by atoms with van der Waals surface area (Å²) in [6, 6.07) is 8.96. The van der Waals surface area contributed by atoms with Gasteiger partial charge in [-0.05, 0) is 37.5 Å². The van der Waals surface area contributed by atoms with E-state index in [0.29, 0.717) is 24.4 Å². The van der Waals surface area contributed by atoms with Gasteiger partial charge in [0.2, 0.25) is 11.9 Å². The molecule has 0 spiro atoms. The third-order valence-corrected chi connectivity index (χ3v) is 6.78. The number of carbonyl (C=O) groups is 2. The van der Waals surface area contributed by atoms with E-state index in [2.05, 4.69) is 64.9 Å². The molecule has 1 saturated heterocycles. The number of amides is 2. The fourth-order valence-corrected chi connectivity index (χ4v) is 4.76. The molecule has 1 N–H and O–H groups in total. The van der Waals surface area contributed by atoms with E-state index in [1.807, 2.05) is 11.8 Å².